The Balaban J connectivity index is 2.32. The number of nitriles is 1. The maximum absolute atomic E-state index is 11.7. The van der Waals surface area contributed by atoms with Crippen molar-refractivity contribution in [3.05, 3.63) is 29.3 Å². The molecule has 0 unspecified atom stereocenters. The molecule has 18 heavy (non-hydrogen) atoms. The quantitative estimate of drug-likeness (QED) is 0.583. The van der Waals surface area contributed by atoms with Gasteiger partial charge in [0.2, 0.25) is 6.79 Å². The predicted molar refractivity (Wildman–Crippen MR) is 64.8 cm³/mol. The standard InChI is InChI=1S/C13H12N2O3/c1-15(2)13(16)10(7-14)5-9-3-4-11-12(6-9)18-8-17-11/h3-6H,8H2,1-2H3. The highest BCUT2D eigenvalue weighted by atomic mass is 16.7. The van der Waals surface area contributed by atoms with E-state index in [1.165, 1.54) is 11.0 Å². The summed E-state index contributed by atoms with van der Waals surface area (Å²) in [7, 11) is 3.21. The number of amides is 1. The van der Waals surface area contributed by atoms with Crippen LogP contribution in [0, 0.1) is 11.3 Å². The van der Waals surface area contributed by atoms with E-state index in [1.807, 2.05) is 6.07 Å². The van der Waals surface area contributed by atoms with Crippen molar-refractivity contribution in [3.63, 3.8) is 0 Å². The molecule has 1 aromatic carbocycles. The van der Waals surface area contributed by atoms with Crippen LogP contribution in [-0.4, -0.2) is 31.7 Å². The summed E-state index contributed by atoms with van der Waals surface area (Å²) in [5, 5.41) is 8.98. The summed E-state index contributed by atoms with van der Waals surface area (Å²) in [6.07, 6.45) is 1.53. The number of rotatable bonds is 2. The van der Waals surface area contributed by atoms with Crippen LogP contribution in [0.15, 0.2) is 23.8 Å². The Hall–Kier alpha value is -2.48. The first-order valence-corrected chi connectivity index (χ1v) is 5.35. The normalized spacial score (nSPS) is 13.1. The van der Waals surface area contributed by atoms with Gasteiger partial charge >= 0.3 is 0 Å². The number of likely N-dealkylation sites (N-methyl/N-ethyl adjacent to an activating group) is 1. The van der Waals surface area contributed by atoms with Crippen LogP contribution in [0.4, 0.5) is 0 Å². The fourth-order valence-corrected chi connectivity index (χ4v) is 1.55. The van der Waals surface area contributed by atoms with Crippen LogP contribution in [0.25, 0.3) is 6.08 Å². The zero-order valence-corrected chi connectivity index (χ0v) is 10.1. The van der Waals surface area contributed by atoms with Crippen molar-refractivity contribution in [2.45, 2.75) is 0 Å². The van der Waals surface area contributed by atoms with Crippen LogP contribution < -0.4 is 9.47 Å². The van der Waals surface area contributed by atoms with Gasteiger partial charge in [-0.3, -0.25) is 4.79 Å². The van der Waals surface area contributed by atoms with Crippen molar-refractivity contribution in [1.29, 1.82) is 5.26 Å². The summed E-state index contributed by atoms with van der Waals surface area (Å²) >= 11 is 0. The highest BCUT2D eigenvalue weighted by Crippen LogP contribution is 2.33. The van der Waals surface area contributed by atoms with Crippen LogP contribution in [0.2, 0.25) is 0 Å². The molecule has 0 fully saturated rings. The summed E-state index contributed by atoms with van der Waals surface area (Å²) in [4.78, 5) is 13.1. The maximum atomic E-state index is 11.7. The average Bonchev–Trinajstić information content (AvgIpc) is 2.82. The van der Waals surface area contributed by atoms with Gasteiger partial charge in [0.15, 0.2) is 11.5 Å². The number of benzene rings is 1. The van der Waals surface area contributed by atoms with E-state index < -0.39 is 0 Å². The molecule has 5 nitrogen and oxygen atoms in total. The molecule has 1 heterocycles. The Morgan fingerprint density at radius 3 is 2.78 bits per heavy atom. The summed E-state index contributed by atoms with van der Waals surface area (Å²) in [5.41, 5.74) is 0.810. The molecule has 0 bridgehead atoms. The van der Waals surface area contributed by atoms with Crippen molar-refractivity contribution in [2.24, 2.45) is 0 Å². The molecule has 0 atom stereocenters. The largest absolute Gasteiger partial charge is 0.454 e. The average molecular weight is 244 g/mol. The molecule has 0 saturated carbocycles. The predicted octanol–water partition coefficient (Wildman–Crippen LogP) is 1.41. The Bertz CT molecular complexity index is 556. The molecular weight excluding hydrogens is 232 g/mol. The monoisotopic (exact) mass is 244 g/mol. The molecule has 0 N–H and O–H groups in total. The van der Waals surface area contributed by atoms with Crippen molar-refractivity contribution in [3.8, 4) is 17.6 Å². The first-order chi connectivity index (χ1) is 8.61. The van der Waals surface area contributed by atoms with Crippen molar-refractivity contribution in [2.75, 3.05) is 20.9 Å². The van der Waals surface area contributed by atoms with E-state index in [1.54, 1.807) is 32.3 Å². The van der Waals surface area contributed by atoms with Crippen molar-refractivity contribution in [1.82, 2.24) is 4.90 Å². The van der Waals surface area contributed by atoms with Crippen molar-refractivity contribution < 1.29 is 14.3 Å². The number of carbonyl (C=O) groups excluding carboxylic acids is 1. The van der Waals surface area contributed by atoms with Crippen LogP contribution in [0.3, 0.4) is 0 Å². The Morgan fingerprint density at radius 1 is 1.39 bits per heavy atom. The van der Waals surface area contributed by atoms with Gasteiger partial charge < -0.3 is 14.4 Å². The van der Waals surface area contributed by atoms with Crippen molar-refractivity contribution >= 4 is 12.0 Å². The van der Waals surface area contributed by atoms with E-state index in [2.05, 4.69) is 0 Å². The van der Waals surface area contributed by atoms with E-state index in [-0.39, 0.29) is 18.3 Å². The minimum Gasteiger partial charge on any atom is -0.454 e. The molecule has 1 aliphatic rings. The smallest absolute Gasteiger partial charge is 0.264 e. The third-order valence-corrected chi connectivity index (χ3v) is 2.46. The molecule has 0 aromatic heterocycles. The van der Waals surface area contributed by atoms with E-state index in [0.717, 1.165) is 5.56 Å². The van der Waals surface area contributed by atoms with Crippen LogP contribution in [0.5, 0.6) is 11.5 Å². The summed E-state index contributed by atoms with van der Waals surface area (Å²) in [6.45, 7) is 0.199. The number of hydrogen-bond donors (Lipinski definition) is 0. The number of fused-ring (bicyclic) bond motifs is 1. The maximum Gasteiger partial charge on any atom is 0.264 e. The molecule has 0 radical (unpaired) electrons. The van der Waals surface area contributed by atoms with Crippen LogP contribution in [0.1, 0.15) is 5.56 Å². The Morgan fingerprint density at radius 2 is 2.11 bits per heavy atom. The van der Waals surface area contributed by atoms with Crippen LogP contribution in [-0.2, 0) is 4.79 Å². The number of hydrogen-bond acceptors (Lipinski definition) is 4. The molecule has 1 amide bonds. The second kappa shape index (κ2) is 4.80. The molecule has 5 heteroatoms. The van der Waals surface area contributed by atoms with Gasteiger partial charge in [-0.05, 0) is 23.8 Å². The van der Waals surface area contributed by atoms with Gasteiger partial charge in [0.25, 0.3) is 5.91 Å². The molecule has 2 rings (SSSR count). The van der Waals surface area contributed by atoms with Gasteiger partial charge in [0, 0.05) is 14.1 Å². The number of nitrogens with zero attached hydrogens (tertiary/aromatic N) is 2. The zero-order valence-electron chi connectivity index (χ0n) is 10.1. The number of carbonyl (C=O) groups is 1. The third kappa shape index (κ3) is 2.28. The second-order valence-corrected chi connectivity index (χ2v) is 3.98. The lowest BCUT2D eigenvalue weighted by Crippen LogP contribution is -2.22. The number of ether oxygens (including phenoxy) is 2. The first kappa shape index (κ1) is 12.0. The molecule has 0 spiro atoms. The lowest BCUT2D eigenvalue weighted by atomic mass is 10.1. The van der Waals surface area contributed by atoms with Gasteiger partial charge in [-0.15, -0.1) is 0 Å². The molecule has 0 aliphatic carbocycles. The lowest BCUT2D eigenvalue weighted by molar-refractivity contribution is -0.124. The van der Waals surface area contributed by atoms with Gasteiger partial charge in [0.1, 0.15) is 11.6 Å². The Labute approximate surface area is 105 Å². The van der Waals surface area contributed by atoms with Gasteiger partial charge in [-0.2, -0.15) is 5.26 Å². The zero-order chi connectivity index (χ0) is 13.1. The summed E-state index contributed by atoms with van der Waals surface area (Å²) in [5.74, 6) is 0.970. The van der Waals surface area contributed by atoms with E-state index in [9.17, 15) is 4.79 Å². The van der Waals surface area contributed by atoms with E-state index >= 15 is 0 Å². The molecular formula is C13H12N2O3. The second-order valence-electron chi connectivity index (χ2n) is 3.98. The minimum absolute atomic E-state index is 0.0823. The Kier molecular flexibility index (Phi) is 3.20. The van der Waals surface area contributed by atoms with Gasteiger partial charge in [-0.1, -0.05) is 6.07 Å². The topological polar surface area (TPSA) is 62.6 Å². The highest BCUT2D eigenvalue weighted by molar-refractivity contribution is 6.01. The SMILES string of the molecule is CN(C)C(=O)C(C#N)=Cc1ccc2c(c1)OCO2. The molecule has 1 aromatic rings. The van der Waals surface area contributed by atoms with E-state index in [4.69, 9.17) is 14.7 Å². The minimum atomic E-state index is -0.324. The summed E-state index contributed by atoms with van der Waals surface area (Å²) in [6, 6.07) is 7.16. The van der Waals surface area contributed by atoms with Crippen LogP contribution >= 0.6 is 0 Å². The third-order valence-electron chi connectivity index (χ3n) is 2.46. The van der Waals surface area contributed by atoms with E-state index in [0.29, 0.717) is 11.5 Å². The molecule has 1 aliphatic heterocycles. The fourth-order valence-electron chi connectivity index (χ4n) is 1.55. The summed E-state index contributed by atoms with van der Waals surface area (Å²) < 4.78 is 10.4. The highest BCUT2D eigenvalue weighted by Gasteiger charge is 2.14. The lowest BCUT2D eigenvalue weighted by Gasteiger charge is -2.08. The van der Waals surface area contributed by atoms with Gasteiger partial charge in [0.05, 0.1) is 0 Å². The first-order valence-electron chi connectivity index (χ1n) is 5.35. The molecule has 92 valence electrons. The molecule has 0 saturated heterocycles. The fraction of sp³-hybridized carbons (Fsp3) is 0.231. The van der Waals surface area contributed by atoms with Gasteiger partial charge in [-0.25, -0.2) is 0 Å².